The lowest BCUT2D eigenvalue weighted by Gasteiger charge is -2.28. The molecule has 1 aliphatic rings. The molecule has 0 saturated carbocycles. The van der Waals surface area contributed by atoms with E-state index in [1.54, 1.807) is 18.2 Å². The summed E-state index contributed by atoms with van der Waals surface area (Å²) in [6, 6.07) is 5.30. The number of esters is 1. The van der Waals surface area contributed by atoms with Crippen molar-refractivity contribution in [1.29, 1.82) is 0 Å². The van der Waals surface area contributed by atoms with Crippen LogP contribution in [-0.4, -0.2) is 32.3 Å². The third-order valence-electron chi connectivity index (χ3n) is 2.47. The van der Waals surface area contributed by atoms with Gasteiger partial charge in [-0.1, -0.05) is 0 Å². The molecule has 3 N–H and O–H groups in total. The zero-order chi connectivity index (χ0) is 11.5. The van der Waals surface area contributed by atoms with Gasteiger partial charge in [-0.2, -0.15) is 0 Å². The summed E-state index contributed by atoms with van der Waals surface area (Å²) in [7, 11) is 1.35. The quantitative estimate of drug-likeness (QED) is 0.586. The van der Waals surface area contributed by atoms with Crippen molar-refractivity contribution in [3.8, 4) is 0 Å². The van der Waals surface area contributed by atoms with E-state index in [9.17, 15) is 4.79 Å². The molecule has 0 unspecified atom stereocenters. The average Bonchev–Trinajstić information content (AvgIpc) is 2.24. The van der Waals surface area contributed by atoms with Crippen molar-refractivity contribution in [2.45, 2.75) is 6.04 Å². The minimum atomic E-state index is -0.368. The number of nitrogens with two attached hydrogens (primary N) is 1. The molecule has 1 aliphatic heterocycles. The zero-order valence-electron chi connectivity index (χ0n) is 9.03. The van der Waals surface area contributed by atoms with Gasteiger partial charge >= 0.3 is 5.97 Å². The molecule has 0 radical (unpaired) electrons. The molecule has 0 amide bonds. The molecule has 0 aliphatic carbocycles. The van der Waals surface area contributed by atoms with E-state index in [2.05, 4.69) is 10.1 Å². The lowest BCUT2D eigenvalue weighted by atomic mass is 10.1. The predicted molar refractivity (Wildman–Crippen MR) is 60.4 cm³/mol. The molecule has 0 spiro atoms. The molecular weight excluding hydrogens is 208 g/mol. The van der Waals surface area contributed by atoms with Crippen LogP contribution in [-0.2, 0) is 9.47 Å². The maximum Gasteiger partial charge on any atom is 0.337 e. The summed E-state index contributed by atoms with van der Waals surface area (Å²) in [6.07, 6.45) is 0. The van der Waals surface area contributed by atoms with Gasteiger partial charge in [0.2, 0.25) is 0 Å². The fraction of sp³-hybridized carbons (Fsp3) is 0.364. The highest BCUT2D eigenvalue weighted by atomic mass is 16.5. The van der Waals surface area contributed by atoms with Crippen LogP contribution >= 0.6 is 0 Å². The number of carbonyl (C=O) groups excluding carboxylic acids is 1. The first kappa shape index (κ1) is 10.8. The Morgan fingerprint density at radius 3 is 2.88 bits per heavy atom. The van der Waals surface area contributed by atoms with Crippen molar-refractivity contribution in [1.82, 2.24) is 0 Å². The third kappa shape index (κ3) is 2.09. The molecule has 2 rings (SSSR count). The van der Waals surface area contributed by atoms with Gasteiger partial charge in [0, 0.05) is 0 Å². The predicted octanol–water partition coefficient (Wildman–Crippen LogP) is 0.866. The third-order valence-corrected chi connectivity index (χ3v) is 2.47. The Bertz CT molecular complexity index is 402. The molecule has 0 bridgehead atoms. The van der Waals surface area contributed by atoms with Gasteiger partial charge in [0.25, 0.3) is 0 Å². The summed E-state index contributed by atoms with van der Waals surface area (Å²) in [5.74, 6) is -0.368. The van der Waals surface area contributed by atoms with Crippen LogP contribution in [0.1, 0.15) is 10.4 Å². The molecule has 1 heterocycles. The number of methoxy groups -OCH3 is 1. The second-order valence-electron chi connectivity index (χ2n) is 3.67. The van der Waals surface area contributed by atoms with E-state index in [1.807, 2.05) is 0 Å². The largest absolute Gasteiger partial charge is 0.465 e. The molecule has 86 valence electrons. The minimum Gasteiger partial charge on any atom is -0.465 e. The van der Waals surface area contributed by atoms with Crippen molar-refractivity contribution < 1.29 is 14.3 Å². The zero-order valence-corrected chi connectivity index (χ0v) is 9.03. The van der Waals surface area contributed by atoms with Gasteiger partial charge in [0.15, 0.2) is 0 Å². The van der Waals surface area contributed by atoms with E-state index in [4.69, 9.17) is 10.5 Å². The van der Waals surface area contributed by atoms with Crippen LogP contribution in [0.15, 0.2) is 18.2 Å². The van der Waals surface area contributed by atoms with Gasteiger partial charge in [0.05, 0.1) is 43.3 Å². The highest BCUT2D eigenvalue weighted by molar-refractivity contribution is 5.92. The molecule has 1 aromatic rings. The first-order valence-electron chi connectivity index (χ1n) is 5.03. The van der Waals surface area contributed by atoms with Crippen LogP contribution in [0.2, 0.25) is 0 Å². The van der Waals surface area contributed by atoms with Crippen LogP contribution in [0.5, 0.6) is 0 Å². The van der Waals surface area contributed by atoms with Crippen LogP contribution in [0.4, 0.5) is 11.4 Å². The lowest BCUT2D eigenvalue weighted by molar-refractivity contribution is 0.0211. The van der Waals surface area contributed by atoms with Crippen molar-refractivity contribution in [3.63, 3.8) is 0 Å². The van der Waals surface area contributed by atoms with Crippen molar-refractivity contribution in [2.24, 2.45) is 0 Å². The van der Waals surface area contributed by atoms with Gasteiger partial charge < -0.3 is 20.5 Å². The normalized spacial score (nSPS) is 15.3. The lowest BCUT2D eigenvalue weighted by Crippen LogP contribution is -2.40. The first-order chi connectivity index (χ1) is 7.70. The molecular formula is C11H14N2O3. The Kier molecular flexibility index (Phi) is 2.96. The van der Waals surface area contributed by atoms with E-state index in [1.165, 1.54) is 7.11 Å². The number of nitrogens with one attached hydrogen (secondary N) is 1. The highest BCUT2D eigenvalue weighted by Gasteiger charge is 2.19. The summed E-state index contributed by atoms with van der Waals surface area (Å²) >= 11 is 0. The molecule has 16 heavy (non-hydrogen) atoms. The number of rotatable bonds is 3. The van der Waals surface area contributed by atoms with Crippen LogP contribution < -0.4 is 11.1 Å². The summed E-state index contributed by atoms with van der Waals surface area (Å²) < 4.78 is 9.70. The first-order valence-corrected chi connectivity index (χ1v) is 5.03. The topological polar surface area (TPSA) is 73.6 Å². The number of nitrogen functional groups attached to an aromatic ring is 1. The Labute approximate surface area is 93.5 Å². The summed E-state index contributed by atoms with van der Waals surface area (Å²) in [6.45, 7) is 1.34. The summed E-state index contributed by atoms with van der Waals surface area (Å²) in [5.41, 5.74) is 7.65. The Morgan fingerprint density at radius 1 is 1.56 bits per heavy atom. The Morgan fingerprint density at radius 2 is 2.31 bits per heavy atom. The smallest absolute Gasteiger partial charge is 0.337 e. The van der Waals surface area contributed by atoms with Gasteiger partial charge in [-0.25, -0.2) is 4.79 Å². The fourth-order valence-electron chi connectivity index (χ4n) is 1.47. The molecule has 1 aromatic carbocycles. The van der Waals surface area contributed by atoms with Gasteiger partial charge in [-0.3, -0.25) is 0 Å². The maximum absolute atomic E-state index is 11.3. The van der Waals surface area contributed by atoms with Gasteiger partial charge in [0.1, 0.15) is 0 Å². The monoisotopic (exact) mass is 222 g/mol. The van der Waals surface area contributed by atoms with E-state index in [0.29, 0.717) is 24.5 Å². The van der Waals surface area contributed by atoms with Crippen LogP contribution in [0.3, 0.4) is 0 Å². The van der Waals surface area contributed by atoms with Gasteiger partial charge in [-0.15, -0.1) is 0 Å². The number of carbonyl (C=O) groups is 1. The molecule has 5 heteroatoms. The number of hydrogen-bond acceptors (Lipinski definition) is 5. The number of anilines is 2. The van der Waals surface area contributed by atoms with Crippen LogP contribution in [0.25, 0.3) is 0 Å². The van der Waals surface area contributed by atoms with E-state index >= 15 is 0 Å². The Hall–Kier alpha value is -1.75. The van der Waals surface area contributed by atoms with Crippen molar-refractivity contribution in [2.75, 3.05) is 31.4 Å². The average molecular weight is 222 g/mol. The summed E-state index contributed by atoms with van der Waals surface area (Å²) in [4.78, 5) is 11.3. The van der Waals surface area contributed by atoms with Crippen LogP contribution in [0, 0.1) is 0 Å². The molecule has 0 aromatic heterocycles. The molecule has 0 atom stereocenters. The number of benzene rings is 1. The maximum atomic E-state index is 11.3. The SMILES string of the molecule is COC(=O)c1ccc(N)c(NC2COC2)c1. The van der Waals surface area contributed by atoms with E-state index < -0.39 is 0 Å². The van der Waals surface area contributed by atoms with Crippen molar-refractivity contribution in [3.05, 3.63) is 23.8 Å². The number of ether oxygens (including phenoxy) is 2. The second-order valence-corrected chi connectivity index (χ2v) is 3.67. The fourth-order valence-corrected chi connectivity index (χ4v) is 1.47. The Balaban J connectivity index is 2.17. The number of hydrogen-bond donors (Lipinski definition) is 2. The summed E-state index contributed by atoms with van der Waals surface area (Å²) in [5, 5.41) is 3.21. The van der Waals surface area contributed by atoms with Crippen molar-refractivity contribution >= 4 is 17.3 Å². The van der Waals surface area contributed by atoms with E-state index in [0.717, 1.165) is 5.69 Å². The molecule has 1 fully saturated rings. The van der Waals surface area contributed by atoms with E-state index in [-0.39, 0.29) is 12.0 Å². The molecule has 1 saturated heterocycles. The minimum absolute atomic E-state index is 0.273. The second kappa shape index (κ2) is 4.40. The van der Waals surface area contributed by atoms with Gasteiger partial charge in [-0.05, 0) is 18.2 Å². The molecule has 5 nitrogen and oxygen atoms in total. The standard InChI is InChI=1S/C11H14N2O3/c1-15-11(14)7-2-3-9(12)10(4-7)13-8-5-16-6-8/h2-4,8,13H,5-6,12H2,1H3. The highest BCUT2D eigenvalue weighted by Crippen LogP contribution is 2.22.